The van der Waals surface area contributed by atoms with E-state index in [0.717, 1.165) is 10.2 Å². The number of hydrogen-bond donors (Lipinski definition) is 1. The quantitative estimate of drug-likeness (QED) is 0.704. The van der Waals surface area contributed by atoms with Gasteiger partial charge in [0.25, 0.3) is 0 Å². The highest BCUT2D eigenvalue weighted by Gasteiger charge is 2.15. The molecule has 0 aliphatic rings. The first-order chi connectivity index (χ1) is 9.97. The second-order valence-corrected chi connectivity index (χ2v) is 5.70. The van der Waals surface area contributed by atoms with E-state index in [-0.39, 0.29) is 11.8 Å². The third-order valence-electron chi connectivity index (χ3n) is 2.90. The van der Waals surface area contributed by atoms with Crippen LogP contribution in [0.3, 0.4) is 0 Å². The smallest absolute Gasteiger partial charge is 0.387 e. The Morgan fingerprint density at radius 1 is 1.19 bits per heavy atom. The van der Waals surface area contributed by atoms with Crippen LogP contribution in [0, 0.1) is 0 Å². The summed E-state index contributed by atoms with van der Waals surface area (Å²) in [6.07, 6.45) is 0. The molecule has 0 aromatic heterocycles. The zero-order chi connectivity index (χ0) is 15.4. The number of halogens is 4. The van der Waals surface area contributed by atoms with Gasteiger partial charge in [-0.2, -0.15) is 8.78 Å². The first-order valence-corrected chi connectivity index (χ1v) is 7.40. The summed E-state index contributed by atoms with van der Waals surface area (Å²) in [5.41, 5.74) is 1.42. The molecule has 0 aliphatic carbocycles. The van der Waals surface area contributed by atoms with E-state index in [1.807, 2.05) is 13.0 Å². The van der Waals surface area contributed by atoms with Crippen molar-refractivity contribution in [1.82, 2.24) is 0 Å². The van der Waals surface area contributed by atoms with Gasteiger partial charge >= 0.3 is 6.61 Å². The molecule has 0 saturated carbocycles. The summed E-state index contributed by atoms with van der Waals surface area (Å²) in [4.78, 5) is 0. The van der Waals surface area contributed by atoms with Crippen molar-refractivity contribution < 1.29 is 13.5 Å². The molecule has 0 fully saturated rings. The lowest BCUT2D eigenvalue weighted by Gasteiger charge is -2.20. The Labute approximate surface area is 135 Å². The summed E-state index contributed by atoms with van der Waals surface area (Å²) in [6, 6.07) is 11.8. The minimum absolute atomic E-state index is 0.158. The molecule has 0 radical (unpaired) electrons. The fourth-order valence-corrected chi connectivity index (χ4v) is 2.49. The van der Waals surface area contributed by atoms with Gasteiger partial charge in [0.2, 0.25) is 0 Å². The van der Waals surface area contributed by atoms with Crippen LogP contribution >= 0.6 is 27.5 Å². The molecule has 0 amide bonds. The Morgan fingerprint density at radius 2 is 1.90 bits per heavy atom. The van der Waals surface area contributed by atoms with Gasteiger partial charge < -0.3 is 10.1 Å². The van der Waals surface area contributed by atoms with Gasteiger partial charge in [0.05, 0.1) is 11.7 Å². The van der Waals surface area contributed by atoms with Crippen LogP contribution in [0.4, 0.5) is 14.5 Å². The predicted molar refractivity (Wildman–Crippen MR) is 84.3 cm³/mol. The summed E-state index contributed by atoms with van der Waals surface area (Å²) in [5, 5.41) is 3.81. The van der Waals surface area contributed by atoms with Gasteiger partial charge in [-0.05, 0) is 47.1 Å². The first-order valence-electron chi connectivity index (χ1n) is 6.22. The van der Waals surface area contributed by atoms with E-state index in [2.05, 4.69) is 26.0 Å². The minimum atomic E-state index is -2.85. The molecule has 2 nitrogen and oxygen atoms in total. The molecule has 2 rings (SSSR count). The Bertz CT molecular complexity index is 624. The summed E-state index contributed by atoms with van der Waals surface area (Å²) < 4.78 is 30.3. The van der Waals surface area contributed by atoms with Crippen molar-refractivity contribution in [2.45, 2.75) is 19.6 Å². The molecule has 2 aromatic carbocycles. The van der Waals surface area contributed by atoms with Crippen LogP contribution in [-0.2, 0) is 0 Å². The van der Waals surface area contributed by atoms with Crippen molar-refractivity contribution in [3.05, 3.63) is 57.5 Å². The van der Waals surface area contributed by atoms with Gasteiger partial charge in [-0.1, -0.05) is 29.8 Å². The molecule has 6 heteroatoms. The second-order valence-electron chi connectivity index (χ2n) is 4.41. The van der Waals surface area contributed by atoms with E-state index >= 15 is 0 Å². The van der Waals surface area contributed by atoms with Crippen molar-refractivity contribution >= 4 is 33.2 Å². The van der Waals surface area contributed by atoms with Crippen molar-refractivity contribution in [2.75, 3.05) is 5.32 Å². The molecule has 0 heterocycles. The van der Waals surface area contributed by atoms with Gasteiger partial charge in [-0.3, -0.25) is 0 Å². The highest BCUT2D eigenvalue weighted by Crippen LogP contribution is 2.32. The molecular weight excluding hydrogens is 364 g/mol. The maximum atomic E-state index is 12.4. The standard InChI is InChI=1S/C15H13BrClF2NO/c1-9(20-13-8-10(17)6-7-12(13)16)11-4-2-3-5-14(11)21-15(18)19/h2-9,15,20H,1H3. The Kier molecular flexibility index (Phi) is 5.42. The number of rotatable bonds is 5. The minimum Gasteiger partial charge on any atom is -0.434 e. The topological polar surface area (TPSA) is 21.3 Å². The third kappa shape index (κ3) is 4.32. The number of para-hydroxylation sites is 1. The van der Waals surface area contributed by atoms with Crippen LogP contribution in [-0.4, -0.2) is 6.61 Å². The van der Waals surface area contributed by atoms with Crippen molar-refractivity contribution in [2.24, 2.45) is 0 Å². The van der Waals surface area contributed by atoms with Crippen molar-refractivity contribution in [3.8, 4) is 5.75 Å². The van der Waals surface area contributed by atoms with E-state index in [9.17, 15) is 8.78 Å². The molecule has 1 N–H and O–H groups in total. The number of alkyl halides is 2. The van der Waals surface area contributed by atoms with Crippen molar-refractivity contribution in [1.29, 1.82) is 0 Å². The number of nitrogens with one attached hydrogen (secondary N) is 1. The van der Waals surface area contributed by atoms with E-state index in [0.29, 0.717) is 10.6 Å². The molecule has 21 heavy (non-hydrogen) atoms. The largest absolute Gasteiger partial charge is 0.434 e. The molecule has 1 atom stereocenters. The van der Waals surface area contributed by atoms with Gasteiger partial charge in [0.1, 0.15) is 5.75 Å². The molecule has 0 bridgehead atoms. The van der Waals surface area contributed by atoms with Gasteiger partial charge in [0.15, 0.2) is 0 Å². The Morgan fingerprint density at radius 3 is 2.62 bits per heavy atom. The summed E-state index contributed by atoms with van der Waals surface area (Å²) >= 11 is 9.38. The van der Waals surface area contributed by atoms with Gasteiger partial charge in [0, 0.05) is 15.1 Å². The molecule has 0 saturated heterocycles. The third-order valence-corrected chi connectivity index (χ3v) is 3.83. The number of benzene rings is 2. The lowest BCUT2D eigenvalue weighted by molar-refractivity contribution is -0.0505. The number of ether oxygens (including phenoxy) is 1. The second kappa shape index (κ2) is 7.09. The maximum absolute atomic E-state index is 12.4. The summed E-state index contributed by atoms with van der Waals surface area (Å²) in [5.74, 6) is 0.158. The van der Waals surface area contributed by atoms with E-state index in [1.54, 1.807) is 30.3 Å². The Hall–Kier alpha value is -1.33. The average Bonchev–Trinajstić information content (AvgIpc) is 2.42. The van der Waals surface area contributed by atoms with Crippen LogP contribution < -0.4 is 10.1 Å². The molecule has 112 valence electrons. The van der Waals surface area contributed by atoms with Gasteiger partial charge in [-0.15, -0.1) is 0 Å². The van der Waals surface area contributed by atoms with Crippen LogP contribution in [0.25, 0.3) is 0 Å². The number of hydrogen-bond acceptors (Lipinski definition) is 2. The zero-order valence-electron chi connectivity index (χ0n) is 11.1. The normalized spacial score (nSPS) is 12.3. The fraction of sp³-hybridized carbons (Fsp3) is 0.200. The number of anilines is 1. The summed E-state index contributed by atoms with van der Waals surface area (Å²) in [6.45, 7) is -0.989. The van der Waals surface area contributed by atoms with Crippen LogP contribution in [0.15, 0.2) is 46.9 Å². The van der Waals surface area contributed by atoms with Crippen molar-refractivity contribution in [3.63, 3.8) is 0 Å². The molecule has 1 unspecified atom stereocenters. The lowest BCUT2D eigenvalue weighted by Crippen LogP contribution is -2.11. The van der Waals surface area contributed by atoms with Crippen LogP contribution in [0.5, 0.6) is 5.75 Å². The molecule has 2 aromatic rings. The monoisotopic (exact) mass is 375 g/mol. The first kappa shape index (κ1) is 16.0. The molecular formula is C15H13BrClF2NO. The average molecular weight is 377 g/mol. The van der Waals surface area contributed by atoms with Gasteiger partial charge in [-0.25, -0.2) is 0 Å². The lowest BCUT2D eigenvalue weighted by atomic mass is 10.1. The molecule has 0 aliphatic heterocycles. The van der Waals surface area contributed by atoms with E-state index < -0.39 is 6.61 Å². The predicted octanol–water partition coefficient (Wildman–Crippen LogP) is 5.88. The van der Waals surface area contributed by atoms with E-state index in [1.165, 1.54) is 6.07 Å². The highest BCUT2D eigenvalue weighted by atomic mass is 79.9. The SMILES string of the molecule is CC(Nc1cc(Cl)ccc1Br)c1ccccc1OC(F)F. The fourth-order valence-electron chi connectivity index (χ4n) is 1.96. The maximum Gasteiger partial charge on any atom is 0.387 e. The summed E-state index contributed by atoms with van der Waals surface area (Å²) in [7, 11) is 0. The Balaban J connectivity index is 2.24. The molecule has 0 spiro atoms. The highest BCUT2D eigenvalue weighted by molar-refractivity contribution is 9.10. The zero-order valence-corrected chi connectivity index (χ0v) is 13.5. The van der Waals surface area contributed by atoms with Crippen LogP contribution in [0.1, 0.15) is 18.5 Å². The van der Waals surface area contributed by atoms with E-state index in [4.69, 9.17) is 11.6 Å². The van der Waals surface area contributed by atoms with Crippen LogP contribution in [0.2, 0.25) is 5.02 Å².